The summed E-state index contributed by atoms with van der Waals surface area (Å²) < 4.78 is 61.8. The number of hydrogen-bond acceptors (Lipinski definition) is 3. The van der Waals surface area contributed by atoms with Gasteiger partial charge in [-0.25, -0.2) is 0 Å². The normalized spacial score (nSPS) is 12.2. The van der Waals surface area contributed by atoms with Crippen LogP contribution in [-0.4, -0.2) is 17.1 Å². The van der Waals surface area contributed by atoms with Gasteiger partial charge in [-0.05, 0) is 73.3 Å². The molecule has 25 heavy (non-hydrogen) atoms. The van der Waals surface area contributed by atoms with Crippen LogP contribution < -0.4 is 4.74 Å². The Hall–Kier alpha value is -1.34. The highest BCUT2D eigenvalue weighted by atomic mass is 32.2. The largest absolute Gasteiger partial charge is 0.494 e. The predicted molar refractivity (Wildman–Crippen MR) is 95.0 cm³/mol. The fourth-order valence-corrected chi connectivity index (χ4v) is 3.47. The molecule has 0 aliphatic heterocycles. The second-order valence-corrected chi connectivity index (χ2v) is 7.75. The van der Waals surface area contributed by atoms with Crippen LogP contribution in [-0.2, 0) is 0 Å². The summed E-state index contributed by atoms with van der Waals surface area (Å²) in [6.07, 6.45) is 0.816. The van der Waals surface area contributed by atoms with Crippen LogP contribution >= 0.6 is 23.5 Å². The SMILES string of the molecule is CCCOc1ccc(SC(F)(F)C(F)(F)Sc2ccc(C)cc2)cc1. The highest BCUT2D eigenvalue weighted by molar-refractivity contribution is 8.04. The number of alkyl halides is 4. The van der Waals surface area contributed by atoms with Crippen molar-refractivity contribution in [1.29, 1.82) is 0 Å². The number of thioether (sulfide) groups is 2. The highest BCUT2D eigenvalue weighted by Crippen LogP contribution is 2.54. The highest BCUT2D eigenvalue weighted by Gasteiger charge is 2.58. The van der Waals surface area contributed by atoms with Crippen molar-refractivity contribution in [3.63, 3.8) is 0 Å². The summed E-state index contributed by atoms with van der Waals surface area (Å²) >= 11 is -0.286. The molecule has 0 unspecified atom stereocenters. The smallest absolute Gasteiger partial charge is 0.370 e. The first-order valence-corrected chi connectivity index (χ1v) is 9.30. The number of benzene rings is 2. The first-order chi connectivity index (χ1) is 11.7. The van der Waals surface area contributed by atoms with E-state index in [1.165, 1.54) is 36.4 Å². The van der Waals surface area contributed by atoms with E-state index < -0.39 is 10.5 Å². The summed E-state index contributed by atoms with van der Waals surface area (Å²) in [5.74, 6) is 0.523. The molecule has 0 amide bonds. The Kier molecular flexibility index (Phi) is 6.68. The molecule has 0 spiro atoms. The molecule has 0 radical (unpaired) electrons. The third-order valence-corrected chi connectivity index (χ3v) is 5.32. The Morgan fingerprint density at radius 1 is 0.800 bits per heavy atom. The Bertz CT molecular complexity index is 672. The molecular weight excluding hydrogens is 372 g/mol. The van der Waals surface area contributed by atoms with E-state index in [2.05, 4.69) is 0 Å². The van der Waals surface area contributed by atoms with E-state index in [9.17, 15) is 17.6 Å². The number of rotatable bonds is 8. The van der Waals surface area contributed by atoms with Gasteiger partial charge in [0.15, 0.2) is 0 Å². The van der Waals surface area contributed by atoms with E-state index in [0.717, 1.165) is 12.0 Å². The van der Waals surface area contributed by atoms with Crippen molar-refractivity contribution < 1.29 is 22.3 Å². The Morgan fingerprint density at radius 3 is 1.68 bits per heavy atom. The maximum Gasteiger partial charge on any atom is 0.370 e. The Morgan fingerprint density at radius 2 is 1.24 bits per heavy atom. The second-order valence-electron chi connectivity index (χ2n) is 5.37. The van der Waals surface area contributed by atoms with Gasteiger partial charge >= 0.3 is 10.5 Å². The van der Waals surface area contributed by atoms with Crippen LogP contribution in [0, 0.1) is 6.92 Å². The average Bonchev–Trinajstić information content (AvgIpc) is 2.56. The van der Waals surface area contributed by atoms with E-state index in [1.54, 1.807) is 19.1 Å². The molecule has 7 heteroatoms. The number of ether oxygens (including phenoxy) is 1. The molecular formula is C18H18F4OS2. The zero-order chi connectivity index (χ0) is 18.5. The second kappa shape index (κ2) is 8.36. The summed E-state index contributed by atoms with van der Waals surface area (Å²) in [6, 6.07) is 11.8. The molecule has 0 aliphatic carbocycles. The van der Waals surface area contributed by atoms with Gasteiger partial charge in [-0.3, -0.25) is 0 Å². The lowest BCUT2D eigenvalue weighted by molar-refractivity contribution is -0.0834. The van der Waals surface area contributed by atoms with Crippen LogP contribution in [0.4, 0.5) is 17.6 Å². The van der Waals surface area contributed by atoms with Crippen LogP contribution in [0.3, 0.4) is 0 Å². The van der Waals surface area contributed by atoms with Crippen molar-refractivity contribution in [2.24, 2.45) is 0 Å². The lowest BCUT2D eigenvalue weighted by Gasteiger charge is -2.25. The first-order valence-electron chi connectivity index (χ1n) is 7.67. The van der Waals surface area contributed by atoms with Crippen molar-refractivity contribution in [3.8, 4) is 5.75 Å². The van der Waals surface area contributed by atoms with Gasteiger partial charge < -0.3 is 4.74 Å². The zero-order valence-corrected chi connectivity index (χ0v) is 15.4. The summed E-state index contributed by atoms with van der Waals surface area (Å²) in [5, 5.41) is -8.50. The van der Waals surface area contributed by atoms with E-state index in [0.29, 0.717) is 12.4 Å². The van der Waals surface area contributed by atoms with Crippen LogP contribution in [0.15, 0.2) is 58.3 Å². The summed E-state index contributed by atoms with van der Waals surface area (Å²) in [4.78, 5) is 0.150. The lowest BCUT2D eigenvalue weighted by atomic mass is 10.2. The van der Waals surface area contributed by atoms with Gasteiger partial charge in [0.2, 0.25) is 0 Å². The predicted octanol–water partition coefficient (Wildman–Crippen LogP) is 6.85. The maximum atomic E-state index is 14.1. The molecule has 0 saturated heterocycles. The minimum Gasteiger partial charge on any atom is -0.494 e. The molecule has 2 rings (SSSR count). The van der Waals surface area contributed by atoms with Crippen molar-refractivity contribution in [2.75, 3.05) is 6.61 Å². The number of aryl methyl sites for hydroxylation is 1. The molecule has 0 bridgehead atoms. The van der Waals surface area contributed by atoms with Crippen molar-refractivity contribution in [3.05, 3.63) is 54.1 Å². The molecule has 0 heterocycles. The van der Waals surface area contributed by atoms with Crippen molar-refractivity contribution >= 4 is 23.5 Å². The molecule has 0 atom stereocenters. The van der Waals surface area contributed by atoms with E-state index in [4.69, 9.17) is 4.74 Å². The number of hydrogen-bond donors (Lipinski definition) is 0. The minimum atomic E-state index is -4.26. The first kappa shape index (κ1) is 20.0. The van der Waals surface area contributed by atoms with Gasteiger partial charge in [-0.2, -0.15) is 17.6 Å². The van der Waals surface area contributed by atoms with Gasteiger partial charge in [0.05, 0.1) is 6.61 Å². The molecule has 2 aromatic rings. The molecule has 2 aromatic carbocycles. The van der Waals surface area contributed by atoms with Gasteiger partial charge in [-0.15, -0.1) is 0 Å². The maximum absolute atomic E-state index is 14.1. The van der Waals surface area contributed by atoms with Crippen LogP contribution in [0.5, 0.6) is 5.75 Å². The summed E-state index contributed by atoms with van der Waals surface area (Å²) in [6.45, 7) is 4.25. The Labute approximate surface area is 153 Å². The van der Waals surface area contributed by atoms with Gasteiger partial charge in [0.1, 0.15) is 5.75 Å². The fourth-order valence-electron chi connectivity index (χ4n) is 1.84. The molecule has 0 fully saturated rings. The van der Waals surface area contributed by atoms with E-state index >= 15 is 0 Å². The fraction of sp³-hybridized carbons (Fsp3) is 0.333. The third-order valence-electron chi connectivity index (χ3n) is 3.15. The molecule has 136 valence electrons. The van der Waals surface area contributed by atoms with Gasteiger partial charge in [-0.1, -0.05) is 24.6 Å². The topological polar surface area (TPSA) is 9.23 Å². The molecule has 0 aliphatic rings. The van der Waals surface area contributed by atoms with E-state index in [1.807, 2.05) is 6.92 Å². The van der Waals surface area contributed by atoms with E-state index in [-0.39, 0.29) is 33.3 Å². The quantitative estimate of drug-likeness (QED) is 0.360. The van der Waals surface area contributed by atoms with Crippen LogP contribution in [0.25, 0.3) is 0 Å². The van der Waals surface area contributed by atoms with Crippen molar-refractivity contribution in [2.45, 2.75) is 40.6 Å². The monoisotopic (exact) mass is 390 g/mol. The van der Waals surface area contributed by atoms with Gasteiger partial charge in [0.25, 0.3) is 0 Å². The molecule has 0 aromatic heterocycles. The van der Waals surface area contributed by atoms with Gasteiger partial charge in [0, 0.05) is 9.79 Å². The number of halogens is 4. The average molecular weight is 390 g/mol. The molecule has 0 saturated carbocycles. The zero-order valence-electron chi connectivity index (χ0n) is 13.8. The standard InChI is InChI=1S/C18H18F4OS2/c1-3-12-23-14-6-10-16(11-7-14)25-18(21,22)17(19,20)24-15-8-4-13(2)5-9-15/h4-11H,3,12H2,1-2H3. The van der Waals surface area contributed by atoms with Crippen LogP contribution in [0.1, 0.15) is 18.9 Å². The summed E-state index contributed by atoms with van der Waals surface area (Å²) in [5.41, 5.74) is 0.874. The molecule has 1 nitrogen and oxygen atoms in total. The molecule has 0 N–H and O–H groups in total. The third kappa shape index (κ3) is 5.57. The summed E-state index contributed by atoms with van der Waals surface area (Å²) in [7, 11) is 0. The Balaban J connectivity index is 2.06. The lowest BCUT2D eigenvalue weighted by Crippen LogP contribution is -2.34. The van der Waals surface area contributed by atoms with Crippen molar-refractivity contribution in [1.82, 2.24) is 0 Å². The van der Waals surface area contributed by atoms with Crippen LogP contribution in [0.2, 0.25) is 0 Å². The minimum absolute atomic E-state index is 0.0537.